The van der Waals surface area contributed by atoms with Gasteiger partial charge in [-0.05, 0) is 12.0 Å². The molecule has 0 saturated carbocycles. The van der Waals surface area contributed by atoms with Crippen LogP contribution in [-0.2, 0) is 13.6 Å². The Kier molecular flexibility index (Phi) is 5.15. The van der Waals surface area contributed by atoms with E-state index in [4.69, 9.17) is 0 Å². The number of piperazine rings is 1. The van der Waals surface area contributed by atoms with Crippen molar-refractivity contribution in [2.75, 3.05) is 25.0 Å². The van der Waals surface area contributed by atoms with Gasteiger partial charge in [0.25, 0.3) is 0 Å². The predicted octanol–water partition coefficient (Wildman–Crippen LogP) is 2.55. The Morgan fingerprint density at radius 2 is 2.08 bits per heavy atom. The number of carbonyl (C=O) groups is 1. The first-order valence-electron chi connectivity index (χ1n) is 8.48. The van der Waals surface area contributed by atoms with Crippen LogP contribution in [0.15, 0.2) is 42.7 Å². The summed E-state index contributed by atoms with van der Waals surface area (Å²) < 4.78 is 1.69. The van der Waals surface area contributed by atoms with Crippen LogP contribution in [0.25, 0.3) is 0 Å². The lowest BCUT2D eigenvalue weighted by molar-refractivity contribution is 0.0940. The molecule has 128 valence electrons. The second kappa shape index (κ2) is 7.49. The molecule has 6 nitrogen and oxygen atoms in total. The first-order chi connectivity index (χ1) is 11.7. The quantitative estimate of drug-likeness (QED) is 0.939. The Bertz CT molecular complexity index is 669. The lowest BCUT2D eigenvalue weighted by atomic mass is 10.1. The van der Waals surface area contributed by atoms with E-state index in [2.05, 4.69) is 46.5 Å². The van der Waals surface area contributed by atoms with E-state index in [0.717, 1.165) is 38.3 Å². The molecule has 0 bridgehead atoms. The Hall–Kier alpha value is -2.34. The van der Waals surface area contributed by atoms with Crippen LogP contribution in [0.5, 0.6) is 0 Å². The van der Waals surface area contributed by atoms with Crippen LogP contribution in [0.3, 0.4) is 0 Å². The number of hydrogen-bond acceptors (Lipinski definition) is 3. The van der Waals surface area contributed by atoms with E-state index in [1.54, 1.807) is 10.9 Å². The van der Waals surface area contributed by atoms with Crippen LogP contribution in [-0.4, -0.2) is 51.3 Å². The summed E-state index contributed by atoms with van der Waals surface area (Å²) in [5, 5.41) is 7.03. The number of aryl methyl sites for hydroxylation is 1. The monoisotopic (exact) mass is 327 g/mol. The largest absolute Gasteiger partial charge is 0.322 e. The van der Waals surface area contributed by atoms with Crippen molar-refractivity contribution in [3.63, 3.8) is 0 Å². The molecule has 2 aromatic rings. The van der Waals surface area contributed by atoms with E-state index in [1.165, 1.54) is 5.56 Å². The maximum atomic E-state index is 12.6. The van der Waals surface area contributed by atoms with E-state index in [1.807, 2.05) is 24.2 Å². The number of urea groups is 1. The zero-order chi connectivity index (χ0) is 16.9. The lowest BCUT2D eigenvalue weighted by Crippen LogP contribution is -2.55. The molecule has 2 heterocycles. The van der Waals surface area contributed by atoms with Gasteiger partial charge < -0.3 is 10.2 Å². The minimum Gasteiger partial charge on any atom is -0.319 e. The van der Waals surface area contributed by atoms with Crippen molar-refractivity contribution in [3.05, 3.63) is 48.3 Å². The van der Waals surface area contributed by atoms with Gasteiger partial charge in [0.1, 0.15) is 0 Å². The third-order valence-corrected chi connectivity index (χ3v) is 4.50. The van der Waals surface area contributed by atoms with Crippen molar-refractivity contribution in [1.29, 1.82) is 0 Å². The van der Waals surface area contributed by atoms with Gasteiger partial charge in [0.15, 0.2) is 0 Å². The van der Waals surface area contributed by atoms with Gasteiger partial charge in [-0.3, -0.25) is 9.58 Å². The SMILES string of the molecule is CCC1CN(Cc2ccccc2)CCN1C(=O)Nc1cnn(C)c1. The van der Waals surface area contributed by atoms with Gasteiger partial charge in [-0.25, -0.2) is 4.79 Å². The summed E-state index contributed by atoms with van der Waals surface area (Å²) in [5.74, 6) is 0. The zero-order valence-corrected chi connectivity index (χ0v) is 14.4. The molecule has 1 N–H and O–H groups in total. The van der Waals surface area contributed by atoms with Crippen LogP contribution >= 0.6 is 0 Å². The van der Waals surface area contributed by atoms with Gasteiger partial charge >= 0.3 is 6.03 Å². The minimum absolute atomic E-state index is 0.0331. The topological polar surface area (TPSA) is 53.4 Å². The molecule has 1 unspecified atom stereocenters. The first kappa shape index (κ1) is 16.5. The molecule has 1 aromatic heterocycles. The van der Waals surface area contributed by atoms with Gasteiger partial charge in [0.05, 0.1) is 11.9 Å². The van der Waals surface area contributed by atoms with Crippen molar-refractivity contribution in [2.45, 2.75) is 25.9 Å². The van der Waals surface area contributed by atoms with Gasteiger partial charge in [-0.2, -0.15) is 5.10 Å². The van der Waals surface area contributed by atoms with Crippen molar-refractivity contribution in [1.82, 2.24) is 19.6 Å². The highest BCUT2D eigenvalue weighted by Gasteiger charge is 2.29. The summed E-state index contributed by atoms with van der Waals surface area (Å²) in [5.41, 5.74) is 2.06. The Morgan fingerprint density at radius 1 is 1.29 bits per heavy atom. The second-order valence-electron chi connectivity index (χ2n) is 6.31. The van der Waals surface area contributed by atoms with Crippen molar-refractivity contribution in [2.24, 2.45) is 7.05 Å². The third-order valence-electron chi connectivity index (χ3n) is 4.50. The normalized spacial score (nSPS) is 18.6. The molecule has 6 heteroatoms. The summed E-state index contributed by atoms with van der Waals surface area (Å²) in [6.07, 6.45) is 4.43. The van der Waals surface area contributed by atoms with Crippen LogP contribution in [0.1, 0.15) is 18.9 Å². The van der Waals surface area contributed by atoms with E-state index < -0.39 is 0 Å². The molecular weight excluding hydrogens is 302 g/mol. The number of anilines is 1. The van der Waals surface area contributed by atoms with Gasteiger partial charge in [-0.1, -0.05) is 37.3 Å². The number of amides is 2. The number of carbonyl (C=O) groups excluding carboxylic acids is 1. The highest BCUT2D eigenvalue weighted by atomic mass is 16.2. The fourth-order valence-electron chi connectivity index (χ4n) is 3.20. The highest BCUT2D eigenvalue weighted by molar-refractivity contribution is 5.89. The molecule has 3 rings (SSSR count). The number of hydrogen-bond donors (Lipinski definition) is 1. The average molecular weight is 327 g/mol. The molecule has 0 spiro atoms. The van der Waals surface area contributed by atoms with Gasteiger partial charge in [-0.15, -0.1) is 0 Å². The Balaban J connectivity index is 1.59. The van der Waals surface area contributed by atoms with Crippen molar-refractivity contribution < 1.29 is 4.79 Å². The van der Waals surface area contributed by atoms with Crippen LogP contribution < -0.4 is 5.32 Å². The molecule has 1 fully saturated rings. The van der Waals surface area contributed by atoms with Crippen LogP contribution in [0.2, 0.25) is 0 Å². The Labute approximate surface area is 143 Å². The summed E-state index contributed by atoms with van der Waals surface area (Å²) in [7, 11) is 1.84. The van der Waals surface area contributed by atoms with E-state index in [-0.39, 0.29) is 12.1 Å². The molecule has 1 atom stereocenters. The summed E-state index contributed by atoms with van der Waals surface area (Å²) in [6.45, 7) is 5.63. The summed E-state index contributed by atoms with van der Waals surface area (Å²) in [4.78, 5) is 17.0. The van der Waals surface area contributed by atoms with Gasteiger partial charge in [0.2, 0.25) is 0 Å². The third kappa shape index (κ3) is 3.94. The number of benzene rings is 1. The fraction of sp³-hybridized carbons (Fsp3) is 0.444. The van der Waals surface area contributed by atoms with E-state index in [9.17, 15) is 4.79 Å². The Morgan fingerprint density at radius 3 is 2.75 bits per heavy atom. The summed E-state index contributed by atoms with van der Waals surface area (Å²) in [6, 6.07) is 10.7. The van der Waals surface area contributed by atoms with Crippen LogP contribution in [0.4, 0.5) is 10.5 Å². The highest BCUT2D eigenvalue weighted by Crippen LogP contribution is 2.17. The van der Waals surface area contributed by atoms with Gasteiger partial charge in [0, 0.05) is 45.5 Å². The van der Waals surface area contributed by atoms with E-state index in [0.29, 0.717) is 0 Å². The minimum atomic E-state index is -0.0331. The maximum absolute atomic E-state index is 12.6. The van der Waals surface area contributed by atoms with Crippen LogP contribution in [0, 0.1) is 0 Å². The molecule has 24 heavy (non-hydrogen) atoms. The molecule has 0 aliphatic carbocycles. The molecule has 2 amide bonds. The lowest BCUT2D eigenvalue weighted by Gasteiger charge is -2.41. The molecular formula is C18H25N5O. The average Bonchev–Trinajstić information content (AvgIpc) is 3.00. The smallest absolute Gasteiger partial charge is 0.319 e. The number of aromatic nitrogens is 2. The molecule has 1 aromatic carbocycles. The number of nitrogens with one attached hydrogen (secondary N) is 1. The second-order valence-corrected chi connectivity index (χ2v) is 6.31. The molecule has 1 saturated heterocycles. The summed E-state index contributed by atoms with van der Waals surface area (Å²) >= 11 is 0. The van der Waals surface area contributed by atoms with Crippen molar-refractivity contribution >= 4 is 11.7 Å². The first-order valence-corrected chi connectivity index (χ1v) is 8.48. The fourth-order valence-corrected chi connectivity index (χ4v) is 3.20. The predicted molar refractivity (Wildman–Crippen MR) is 94.7 cm³/mol. The van der Waals surface area contributed by atoms with Crippen molar-refractivity contribution in [3.8, 4) is 0 Å². The standard InChI is InChI=1S/C18H25N5O/c1-3-17-14-22(12-15-7-5-4-6-8-15)9-10-23(17)18(24)20-16-11-19-21(2)13-16/h4-8,11,13,17H,3,9-10,12,14H2,1-2H3,(H,20,24). The maximum Gasteiger partial charge on any atom is 0.322 e. The zero-order valence-electron chi connectivity index (χ0n) is 14.4. The van der Waals surface area contributed by atoms with E-state index >= 15 is 0 Å². The number of rotatable bonds is 4. The molecule has 0 radical (unpaired) electrons. The number of nitrogens with zero attached hydrogens (tertiary/aromatic N) is 4. The molecule has 1 aliphatic heterocycles. The molecule has 1 aliphatic rings.